The topological polar surface area (TPSA) is 29.1 Å². The molecule has 19 heavy (non-hydrogen) atoms. The van der Waals surface area contributed by atoms with Crippen LogP contribution in [-0.4, -0.2) is 5.91 Å². The van der Waals surface area contributed by atoms with Crippen LogP contribution in [0.15, 0.2) is 40.9 Å². The van der Waals surface area contributed by atoms with Crippen molar-refractivity contribution in [2.45, 2.75) is 6.92 Å². The van der Waals surface area contributed by atoms with Gasteiger partial charge in [-0.25, -0.2) is 8.78 Å². The van der Waals surface area contributed by atoms with Crippen LogP contribution in [0.5, 0.6) is 0 Å². The van der Waals surface area contributed by atoms with E-state index in [2.05, 4.69) is 21.2 Å². The molecule has 0 saturated heterocycles. The van der Waals surface area contributed by atoms with E-state index in [0.717, 1.165) is 28.2 Å². The van der Waals surface area contributed by atoms with Gasteiger partial charge in [-0.2, -0.15) is 0 Å². The van der Waals surface area contributed by atoms with E-state index in [-0.39, 0.29) is 5.69 Å². The quantitative estimate of drug-likeness (QED) is 0.876. The second-order valence-corrected chi connectivity index (χ2v) is 4.90. The van der Waals surface area contributed by atoms with E-state index in [4.69, 9.17) is 0 Å². The van der Waals surface area contributed by atoms with E-state index in [1.54, 1.807) is 18.2 Å². The Bertz CT molecular complexity index is 643. The van der Waals surface area contributed by atoms with E-state index in [9.17, 15) is 13.6 Å². The van der Waals surface area contributed by atoms with Crippen molar-refractivity contribution in [3.05, 3.63) is 63.6 Å². The smallest absolute Gasteiger partial charge is 0.255 e. The first-order chi connectivity index (χ1) is 8.97. The molecule has 0 aliphatic heterocycles. The number of hydrogen-bond acceptors (Lipinski definition) is 1. The van der Waals surface area contributed by atoms with E-state index in [0.29, 0.717) is 5.56 Å². The summed E-state index contributed by atoms with van der Waals surface area (Å²) in [5, 5.41) is 2.34. The molecule has 0 aromatic heterocycles. The van der Waals surface area contributed by atoms with Crippen molar-refractivity contribution >= 4 is 27.5 Å². The lowest BCUT2D eigenvalue weighted by Gasteiger charge is -2.07. The van der Waals surface area contributed by atoms with Crippen LogP contribution in [0.4, 0.5) is 14.5 Å². The molecule has 0 saturated carbocycles. The molecule has 0 spiro atoms. The molecule has 2 aromatic carbocycles. The Hall–Kier alpha value is -1.75. The lowest BCUT2D eigenvalue weighted by molar-refractivity contribution is 0.102. The number of halogens is 3. The van der Waals surface area contributed by atoms with Gasteiger partial charge >= 0.3 is 0 Å². The Morgan fingerprint density at radius 1 is 1.16 bits per heavy atom. The molecule has 2 nitrogen and oxygen atoms in total. The number of carbonyl (C=O) groups excluding carboxylic acids is 1. The van der Waals surface area contributed by atoms with Gasteiger partial charge in [0.1, 0.15) is 11.6 Å². The Morgan fingerprint density at radius 2 is 1.89 bits per heavy atom. The normalized spacial score (nSPS) is 10.3. The molecule has 98 valence electrons. The summed E-state index contributed by atoms with van der Waals surface area (Å²) in [7, 11) is 0. The number of benzene rings is 2. The van der Waals surface area contributed by atoms with Gasteiger partial charge in [-0.3, -0.25) is 4.79 Å². The molecule has 0 atom stereocenters. The number of aryl methyl sites for hydroxylation is 1. The van der Waals surface area contributed by atoms with E-state index >= 15 is 0 Å². The Labute approximate surface area is 117 Å². The minimum absolute atomic E-state index is 0.179. The van der Waals surface area contributed by atoms with Crippen LogP contribution in [0.3, 0.4) is 0 Å². The summed E-state index contributed by atoms with van der Waals surface area (Å²) in [4.78, 5) is 11.9. The summed E-state index contributed by atoms with van der Waals surface area (Å²) >= 11 is 3.31. The molecular formula is C14H10BrF2NO. The number of anilines is 1. The molecule has 1 N–H and O–H groups in total. The molecule has 2 aromatic rings. The average Bonchev–Trinajstić information content (AvgIpc) is 2.37. The molecule has 2 rings (SSSR count). The number of amides is 1. The highest BCUT2D eigenvalue weighted by Gasteiger charge is 2.11. The summed E-state index contributed by atoms with van der Waals surface area (Å²) in [6.07, 6.45) is 0. The zero-order valence-electron chi connectivity index (χ0n) is 10.0. The fraction of sp³-hybridized carbons (Fsp3) is 0.0714. The highest BCUT2D eigenvalue weighted by atomic mass is 79.9. The van der Waals surface area contributed by atoms with Crippen LogP contribution < -0.4 is 5.32 Å². The molecular weight excluding hydrogens is 316 g/mol. The third kappa shape index (κ3) is 3.17. The van der Waals surface area contributed by atoms with Crippen molar-refractivity contribution in [1.29, 1.82) is 0 Å². The maximum Gasteiger partial charge on any atom is 0.255 e. The fourth-order valence-electron chi connectivity index (χ4n) is 1.52. The van der Waals surface area contributed by atoms with Crippen molar-refractivity contribution in [2.24, 2.45) is 0 Å². The first-order valence-electron chi connectivity index (χ1n) is 5.50. The second kappa shape index (κ2) is 5.48. The third-order valence-corrected chi connectivity index (χ3v) is 3.46. The monoisotopic (exact) mass is 325 g/mol. The third-order valence-electron chi connectivity index (χ3n) is 2.61. The van der Waals surface area contributed by atoms with Crippen molar-refractivity contribution in [3.63, 3.8) is 0 Å². The van der Waals surface area contributed by atoms with Gasteiger partial charge in [0, 0.05) is 16.1 Å². The molecule has 0 unspecified atom stereocenters. The summed E-state index contributed by atoms with van der Waals surface area (Å²) < 4.78 is 27.2. The SMILES string of the molecule is Cc1ccc(C(=O)Nc2cc(F)ccc2F)cc1Br. The lowest BCUT2D eigenvalue weighted by Crippen LogP contribution is -2.13. The molecule has 1 amide bonds. The largest absolute Gasteiger partial charge is 0.319 e. The first-order valence-corrected chi connectivity index (χ1v) is 6.29. The van der Waals surface area contributed by atoms with Crippen LogP contribution in [0.25, 0.3) is 0 Å². The van der Waals surface area contributed by atoms with Gasteiger partial charge in [0.15, 0.2) is 0 Å². The van der Waals surface area contributed by atoms with E-state index in [1.807, 2.05) is 6.92 Å². The van der Waals surface area contributed by atoms with Crippen LogP contribution in [0.1, 0.15) is 15.9 Å². The highest BCUT2D eigenvalue weighted by Crippen LogP contribution is 2.20. The molecule has 0 radical (unpaired) electrons. The summed E-state index contributed by atoms with van der Waals surface area (Å²) in [6, 6.07) is 7.91. The van der Waals surface area contributed by atoms with Crippen LogP contribution in [0, 0.1) is 18.6 Å². The predicted molar refractivity (Wildman–Crippen MR) is 73.2 cm³/mol. The first kappa shape index (κ1) is 13.7. The van der Waals surface area contributed by atoms with Crippen molar-refractivity contribution < 1.29 is 13.6 Å². The van der Waals surface area contributed by atoms with Gasteiger partial charge < -0.3 is 5.32 Å². The van der Waals surface area contributed by atoms with Gasteiger partial charge in [0.05, 0.1) is 5.69 Å². The van der Waals surface area contributed by atoms with Gasteiger partial charge in [0.25, 0.3) is 5.91 Å². The van der Waals surface area contributed by atoms with E-state index < -0.39 is 17.5 Å². The minimum atomic E-state index is -0.680. The predicted octanol–water partition coefficient (Wildman–Crippen LogP) is 4.29. The Balaban J connectivity index is 2.25. The lowest BCUT2D eigenvalue weighted by atomic mass is 10.1. The zero-order chi connectivity index (χ0) is 14.0. The minimum Gasteiger partial charge on any atom is -0.319 e. The summed E-state index contributed by atoms with van der Waals surface area (Å²) in [6.45, 7) is 1.89. The van der Waals surface area contributed by atoms with Gasteiger partial charge in [-0.05, 0) is 36.8 Å². The molecule has 0 heterocycles. The highest BCUT2D eigenvalue weighted by molar-refractivity contribution is 9.10. The molecule has 5 heteroatoms. The number of carbonyl (C=O) groups is 1. The standard InChI is InChI=1S/C14H10BrF2NO/c1-8-2-3-9(6-11(8)15)14(19)18-13-7-10(16)4-5-12(13)17/h2-7H,1H3,(H,18,19). The Morgan fingerprint density at radius 3 is 2.58 bits per heavy atom. The average molecular weight is 326 g/mol. The van der Waals surface area contributed by atoms with Crippen LogP contribution >= 0.6 is 15.9 Å². The summed E-state index contributed by atoms with van der Waals surface area (Å²) in [5.41, 5.74) is 1.16. The maximum atomic E-state index is 13.4. The number of hydrogen-bond donors (Lipinski definition) is 1. The molecule has 0 aliphatic rings. The van der Waals surface area contributed by atoms with Crippen LogP contribution in [-0.2, 0) is 0 Å². The molecule has 0 bridgehead atoms. The summed E-state index contributed by atoms with van der Waals surface area (Å²) in [5.74, 6) is -1.78. The second-order valence-electron chi connectivity index (χ2n) is 4.04. The number of nitrogens with one attached hydrogen (secondary N) is 1. The Kier molecular flexibility index (Phi) is 3.95. The van der Waals surface area contributed by atoms with E-state index in [1.165, 1.54) is 0 Å². The molecule has 0 fully saturated rings. The van der Waals surface area contributed by atoms with Crippen molar-refractivity contribution in [2.75, 3.05) is 5.32 Å². The number of rotatable bonds is 2. The van der Waals surface area contributed by atoms with Crippen LogP contribution in [0.2, 0.25) is 0 Å². The maximum absolute atomic E-state index is 13.4. The zero-order valence-corrected chi connectivity index (χ0v) is 11.6. The van der Waals surface area contributed by atoms with Crippen molar-refractivity contribution in [1.82, 2.24) is 0 Å². The van der Waals surface area contributed by atoms with Gasteiger partial charge in [-0.15, -0.1) is 0 Å². The van der Waals surface area contributed by atoms with Gasteiger partial charge in [-0.1, -0.05) is 22.0 Å². The van der Waals surface area contributed by atoms with Crippen molar-refractivity contribution in [3.8, 4) is 0 Å². The molecule has 0 aliphatic carbocycles. The fourth-order valence-corrected chi connectivity index (χ4v) is 1.90. The van der Waals surface area contributed by atoms with Gasteiger partial charge in [0.2, 0.25) is 0 Å².